The first kappa shape index (κ1) is 18.7. The Hall–Kier alpha value is -3.07. The zero-order valence-electron chi connectivity index (χ0n) is 15.8. The minimum absolute atomic E-state index is 0.172. The molecule has 0 aliphatic heterocycles. The van der Waals surface area contributed by atoms with Crippen LogP contribution in [-0.2, 0) is 17.9 Å². The van der Waals surface area contributed by atoms with Crippen LogP contribution in [0.15, 0.2) is 84.9 Å². The molecule has 0 N–H and O–H groups in total. The van der Waals surface area contributed by atoms with Crippen LogP contribution in [0, 0.1) is 5.92 Å². The Morgan fingerprint density at radius 1 is 0.778 bits per heavy atom. The molecule has 3 nitrogen and oxygen atoms in total. The molecule has 0 aliphatic carbocycles. The quantitative estimate of drug-likeness (QED) is 0.415. The highest BCUT2D eigenvalue weighted by Crippen LogP contribution is 2.31. The van der Waals surface area contributed by atoms with Crippen molar-refractivity contribution in [2.45, 2.75) is 26.9 Å². The highest BCUT2D eigenvalue weighted by Gasteiger charge is 2.17. The summed E-state index contributed by atoms with van der Waals surface area (Å²) in [6, 6.07) is 28.4. The molecule has 0 saturated heterocycles. The van der Waals surface area contributed by atoms with Gasteiger partial charge < -0.3 is 9.64 Å². The van der Waals surface area contributed by atoms with Gasteiger partial charge in [0.2, 0.25) is 0 Å². The summed E-state index contributed by atoms with van der Waals surface area (Å²) in [4.78, 5) is 14.4. The molecule has 0 bridgehead atoms. The summed E-state index contributed by atoms with van der Waals surface area (Å²) in [5, 5.41) is 0. The maximum absolute atomic E-state index is 12.2. The third-order valence-electron chi connectivity index (χ3n) is 4.32. The Morgan fingerprint density at radius 2 is 1.26 bits per heavy atom. The van der Waals surface area contributed by atoms with Crippen LogP contribution in [0.4, 0.5) is 5.69 Å². The molecule has 0 heterocycles. The van der Waals surface area contributed by atoms with Crippen molar-refractivity contribution in [1.82, 2.24) is 0 Å². The first-order chi connectivity index (χ1) is 13.1. The van der Waals surface area contributed by atoms with E-state index in [9.17, 15) is 4.79 Å². The first-order valence-electron chi connectivity index (χ1n) is 9.27. The molecule has 0 radical (unpaired) electrons. The molecular formula is C24H25NO2. The van der Waals surface area contributed by atoms with Crippen LogP contribution in [0.25, 0.3) is 0 Å². The van der Waals surface area contributed by atoms with Gasteiger partial charge in [-0.05, 0) is 23.3 Å². The maximum Gasteiger partial charge on any atom is 0.313 e. The number of carbonyl (C=O) groups is 1. The van der Waals surface area contributed by atoms with Crippen LogP contribution < -0.4 is 9.64 Å². The predicted molar refractivity (Wildman–Crippen MR) is 110 cm³/mol. The molecule has 0 fully saturated rings. The molecule has 138 valence electrons. The Labute approximate surface area is 161 Å². The lowest BCUT2D eigenvalue weighted by molar-refractivity contribution is -0.137. The second-order valence-corrected chi connectivity index (χ2v) is 6.87. The van der Waals surface area contributed by atoms with E-state index in [0.29, 0.717) is 5.75 Å². The number of rotatable bonds is 7. The van der Waals surface area contributed by atoms with Crippen LogP contribution >= 0.6 is 0 Å². The van der Waals surface area contributed by atoms with Gasteiger partial charge in [0.05, 0.1) is 11.6 Å². The number of benzene rings is 3. The minimum atomic E-state index is -0.221. The fourth-order valence-electron chi connectivity index (χ4n) is 2.86. The van der Waals surface area contributed by atoms with E-state index in [2.05, 4.69) is 29.2 Å². The third-order valence-corrected chi connectivity index (χ3v) is 4.32. The number of anilines is 1. The molecule has 0 aliphatic rings. The van der Waals surface area contributed by atoms with Crippen molar-refractivity contribution in [1.29, 1.82) is 0 Å². The van der Waals surface area contributed by atoms with Crippen LogP contribution in [-0.4, -0.2) is 5.97 Å². The van der Waals surface area contributed by atoms with Gasteiger partial charge in [-0.15, -0.1) is 0 Å². The molecule has 0 saturated carbocycles. The molecule has 0 spiro atoms. The summed E-state index contributed by atoms with van der Waals surface area (Å²) in [5.74, 6) is 0.208. The molecule has 3 aromatic carbocycles. The Bertz CT molecular complexity index is 818. The van der Waals surface area contributed by atoms with Crippen LogP contribution in [0.5, 0.6) is 5.75 Å². The van der Waals surface area contributed by atoms with Crippen molar-refractivity contribution < 1.29 is 9.53 Å². The number of esters is 1. The summed E-state index contributed by atoms with van der Waals surface area (Å²) in [7, 11) is 0. The minimum Gasteiger partial charge on any atom is -0.424 e. The topological polar surface area (TPSA) is 29.5 Å². The van der Waals surface area contributed by atoms with Gasteiger partial charge in [-0.2, -0.15) is 0 Å². The average Bonchev–Trinajstić information content (AvgIpc) is 2.69. The molecule has 3 aromatic rings. The van der Waals surface area contributed by atoms with Crippen LogP contribution in [0.2, 0.25) is 0 Å². The van der Waals surface area contributed by atoms with E-state index in [1.165, 1.54) is 11.1 Å². The van der Waals surface area contributed by atoms with Gasteiger partial charge >= 0.3 is 5.97 Å². The lowest BCUT2D eigenvalue weighted by Crippen LogP contribution is -2.24. The number of ether oxygens (including phenoxy) is 1. The van der Waals surface area contributed by atoms with Crippen molar-refractivity contribution in [3.05, 3.63) is 96.1 Å². The van der Waals surface area contributed by atoms with Gasteiger partial charge in [0.1, 0.15) is 0 Å². The molecule has 0 atom stereocenters. The summed E-state index contributed by atoms with van der Waals surface area (Å²) < 4.78 is 5.68. The molecule has 0 aromatic heterocycles. The van der Waals surface area contributed by atoms with Gasteiger partial charge in [-0.1, -0.05) is 86.6 Å². The Balaban J connectivity index is 1.93. The zero-order valence-corrected chi connectivity index (χ0v) is 15.8. The van der Waals surface area contributed by atoms with Crippen molar-refractivity contribution in [2.75, 3.05) is 4.90 Å². The van der Waals surface area contributed by atoms with E-state index >= 15 is 0 Å². The van der Waals surface area contributed by atoms with Crippen molar-refractivity contribution in [2.24, 2.45) is 5.92 Å². The monoisotopic (exact) mass is 359 g/mol. The molecule has 0 unspecified atom stereocenters. The first-order valence-corrected chi connectivity index (χ1v) is 9.27. The lowest BCUT2D eigenvalue weighted by atomic mass is 10.1. The zero-order chi connectivity index (χ0) is 19.1. The molecule has 3 heteroatoms. The second-order valence-electron chi connectivity index (χ2n) is 6.87. The Kier molecular flexibility index (Phi) is 6.26. The van der Waals surface area contributed by atoms with Gasteiger partial charge in [-0.3, -0.25) is 4.79 Å². The van der Waals surface area contributed by atoms with E-state index in [1.54, 1.807) is 0 Å². The number of hydrogen-bond acceptors (Lipinski definition) is 3. The van der Waals surface area contributed by atoms with Gasteiger partial charge in [0.15, 0.2) is 5.75 Å². The highest BCUT2D eigenvalue weighted by atomic mass is 16.5. The summed E-state index contributed by atoms with van der Waals surface area (Å²) in [6.45, 7) is 5.14. The van der Waals surface area contributed by atoms with Gasteiger partial charge in [0, 0.05) is 13.1 Å². The highest BCUT2D eigenvalue weighted by molar-refractivity contribution is 5.76. The van der Waals surface area contributed by atoms with E-state index in [0.717, 1.165) is 18.8 Å². The number of para-hydroxylation sites is 2. The fraction of sp³-hybridized carbons (Fsp3) is 0.208. The second kappa shape index (κ2) is 9.04. The number of nitrogens with zero attached hydrogens (tertiary/aromatic N) is 1. The SMILES string of the molecule is CC(C)C(=O)Oc1ccccc1N(Cc1ccccc1)Cc1ccccc1. The standard InChI is InChI=1S/C24H25NO2/c1-19(2)24(26)27-23-16-10-9-15-22(23)25(17-20-11-5-3-6-12-20)18-21-13-7-4-8-14-21/h3-16,19H,17-18H2,1-2H3. The molecule has 27 heavy (non-hydrogen) atoms. The number of carbonyl (C=O) groups excluding carboxylic acids is 1. The van der Waals surface area contributed by atoms with Crippen LogP contribution in [0.3, 0.4) is 0 Å². The van der Waals surface area contributed by atoms with Gasteiger partial charge in [0.25, 0.3) is 0 Å². The Morgan fingerprint density at radius 3 is 1.78 bits per heavy atom. The molecular weight excluding hydrogens is 334 g/mol. The third kappa shape index (κ3) is 5.20. The lowest BCUT2D eigenvalue weighted by Gasteiger charge is -2.27. The predicted octanol–water partition coefficient (Wildman–Crippen LogP) is 5.45. The van der Waals surface area contributed by atoms with E-state index in [1.807, 2.05) is 74.5 Å². The van der Waals surface area contributed by atoms with Crippen molar-refractivity contribution >= 4 is 11.7 Å². The number of hydrogen-bond donors (Lipinski definition) is 0. The van der Waals surface area contributed by atoms with E-state index < -0.39 is 0 Å². The molecule has 0 amide bonds. The average molecular weight is 359 g/mol. The largest absolute Gasteiger partial charge is 0.424 e. The van der Waals surface area contributed by atoms with Crippen LogP contribution in [0.1, 0.15) is 25.0 Å². The van der Waals surface area contributed by atoms with Gasteiger partial charge in [-0.25, -0.2) is 0 Å². The van der Waals surface area contributed by atoms with E-state index in [4.69, 9.17) is 4.74 Å². The smallest absolute Gasteiger partial charge is 0.313 e. The summed E-state index contributed by atoms with van der Waals surface area (Å²) in [5.41, 5.74) is 3.33. The summed E-state index contributed by atoms with van der Waals surface area (Å²) in [6.07, 6.45) is 0. The normalized spacial score (nSPS) is 10.6. The molecule has 3 rings (SSSR count). The van der Waals surface area contributed by atoms with Crippen molar-refractivity contribution in [3.63, 3.8) is 0 Å². The fourth-order valence-corrected chi connectivity index (χ4v) is 2.86. The maximum atomic E-state index is 12.2. The van der Waals surface area contributed by atoms with Crippen molar-refractivity contribution in [3.8, 4) is 5.75 Å². The summed E-state index contributed by atoms with van der Waals surface area (Å²) >= 11 is 0. The van der Waals surface area contributed by atoms with E-state index in [-0.39, 0.29) is 11.9 Å².